The predicted octanol–water partition coefficient (Wildman–Crippen LogP) is 4.29. The summed E-state index contributed by atoms with van der Waals surface area (Å²) in [4.78, 5) is 8.75. The molecule has 0 aliphatic heterocycles. The summed E-state index contributed by atoms with van der Waals surface area (Å²) in [6, 6.07) is 24.0. The first kappa shape index (κ1) is 19.0. The zero-order valence-electron chi connectivity index (χ0n) is 15.6. The van der Waals surface area contributed by atoms with Gasteiger partial charge < -0.3 is 0 Å². The Morgan fingerprint density at radius 2 is 1.52 bits per heavy atom. The average molecular weight is 401 g/mol. The maximum atomic E-state index is 12.9. The quantitative estimate of drug-likeness (QED) is 0.523. The van der Waals surface area contributed by atoms with Crippen molar-refractivity contribution in [2.75, 3.05) is 0 Å². The summed E-state index contributed by atoms with van der Waals surface area (Å²) < 4.78 is 28.5. The second kappa shape index (κ2) is 8.34. The van der Waals surface area contributed by atoms with E-state index in [0.717, 1.165) is 22.3 Å². The zero-order valence-corrected chi connectivity index (χ0v) is 16.4. The van der Waals surface area contributed by atoms with Crippen molar-refractivity contribution in [2.24, 2.45) is 0 Å². The van der Waals surface area contributed by atoms with Crippen LogP contribution >= 0.6 is 0 Å². The molecule has 0 amide bonds. The van der Waals surface area contributed by atoms with Crippen molar-refractivity contribution in [1.29, 1.82) is 0 Å². The Labute approximate surface area is 170 Å². The topological polar surface area (TPSA) is 72.0 Å². The van der Waals surface area contributed by atoms with E-state index in [-0.39, 0.29) is 11.4 Å². The van der Waals surface area contributed by atoms with Gasteiger partial charge in [-0.25, -0.2) is 13.1 Å². The largest absolute Gasteiger partial charge is 0.264 e. The lowest BCUT2D eigenvalue weighted by atomic mass is 10.1. The molecular formula is C23H19N3O2S. The van der Waals surface area contributed by atoms with Gasteiger partial charge in [-0.15, -0.1) is 0 Å². The van der Waals surface area contributed by atoms with Gasteiger partial charge in [-0.3, -0.25) is 9.97 Å². The molecule has 0 unspecified atom stereocenters. The number of pyridine rings is 2. The highest BCUT2D eigenvalue weighted by atomic mass is 32.2. The molecule has 0 fully saturated rings. The standard InChI is InChI=1S/C23H19N3O2S/c27-29(28,22-12-4-9-19(15-22)18-7-2-1-3-8-18)26-17-21-11-6-14-25-23(21)20-10-5-13-24-16-20/h1-16,26H,17H2. The molecule has 2 aromatic heterocycles. The summed E-state index contributed by atoms with van der Waals surface area (Å²) >= 11 is 0. The van der Waals surface area contributed by atoms with Crippen molar-refractivity contribution in [3.05, 3.63) is 103 Å². The third kappa shape index (κ3) is 4.39. The summed E-state index contributed by atoms with van der Waals surface area (Å²) in [5.74, 6) is 0. The third-order valence-electron chi connectivity index (χ3n) is 4.53. The molecule has 0 saturated heterocycles. The second-order valence-electron chi connectivity index (χ2n) is 6.47. The van der Waals surface area contributed by atoms with E-state index in [9.17, 15) is 8.42 Å². The van der Waals surface area contributed by atoms with Crippen molar-refractivity contribution in [1.82, 2.24) is 14.7 Å². The number of benzene rings is 2. The average Bonchev–Trinajstić information content (AvgIpc) is 2.79. The van der Waals surface area contributed by atoms with Crippen molar-refractivity contribution in [2.45, 2.75) is 11.4 Å². The fourth-order valence-corrected chi connectivity index (χ4v) is 4.13. The van der Waals surface area contributed by atoms with E-state index in [1.165, 1.54) is 0 Å². The van der Waals surface area contributed by atoms with Crippen LogP contribution in [-0.4, -0.2) is 18.4 Å². The summed E-state index contributed by atoms with van der Waals surface area (Å²) in [5, 5.41) is 0. The van der Waals surface area contributed by atoms with Crippen molar-refractivity contribution in [3.8, 4) is 22.4 Å². The minimum Gasteiger partial charge on any atom is -0.264 e. The molecule has 0 aliphatic carbocycles. The Morgan fingerprint density at radius 3 is 2.31 bits per heavy atom. The fraction of sp³-hybridized carbons (Fsp3) is 0.0435. The summed E-state index contributed by atoms with van der Waals surface area (Å²) in [5.41, 5.74) is 4.15. The summed E-state index contributed by atoms with van der Waals surface area (Å²) in [6.45, 7) is 0.135. The van der Waals surface area contributed by atoms with E-state index in [1.54, 1.807) is 42.9 Å². The van der Waals surface area contributed by atoms with Gasteiger partial charge in [-0.1, -0.05) is 48.5 Å². The SMILES string of the molecule is O=S(=O)(NCc1cccnc1-c1cccnc1)c1cccc(-c2ccccc2)c1. The summed E-state index contributed by atoms with van der Waals surface area (Å²) in [6.07, 6.45) is 5.09. The Morgan fingerprint density at radius 1 is 0.759 bits per heavy atom. The van der Waals surface area contributed by atoms with Gasteiger partial charge in [0.1, 0.15) is 0 Å². The van der Waals surface area contributed by atoms with Crippen molar-refractivity contribution in [3.63, 3.8) is 0 Å². The van der Waals surface area contributed by atoms with Gasteiger partial charge in [0.2, 0.25) is 10.0 Å². The van der Waals surface area contributed by atoms with Crippen LogP contribution in [0.3, 0.4) is 0 Å². The number of hydrogen-bond donors (Lipinski definition) is 1. The highest BCUT2D eigenvalue weighted by Gasteiger charge is 2.16. The molecular weight excluding hydrogens is 382 g/mol. The lowest BCUT2D eigenvalue weighted by molar-refractivity contribution is 0.581. The first-order valence-corrected chi connectivity index (χ1v) is 10.6. The number of nitrogens with one attached hydrogen (secondary N) is 1. The van der Waals surface area contributed by atoms with Gasteiger partial charge in [0.05, 0.1) is 10.6 Å². The van der Waals surface area contributed by atoms with E-state index in [4.69, 9.17) is 0 Å². The van der Waals surface area contributed by atoms with E-state index >= 15 is 0 Å². The Balaban J connectivity index is 1.58. The number of hydrogen-bond acceptors (Lipinski definition) is 4. The number of aromatic nitrogens is 2. The molecule has 4 rings (SSSR count). The smallest absolute Gasteiger partial charge is 0.240 e. The normalized spacial score (nSPS) is 11.3. The Kier molecular flexibility index (Phi) is 5.46. The van der Waals surface area contributed by atoms with Crippen LogP contribution in [0.4, 0.5) is 0 Å². The molecule has 0 radical (unpaired) electrons. The maximum absolute atomic E-state index is 12.9. The van der Waals surface area contributed by atoms with Gasteiger partial charge in [-0.2, -0.15) is 0 Å². The van der Waals surface area contributed by atoms with Crippen molar-refractivity contribution >= 4 is 10.0 Å². The van der Waals surface area contributed by atoms with Crippen LogP contribution in [0.15, 0.2) is 102 Å². The molecule has 4 aromatic rings. The maximum Gasteiger partial charge on any atom is 0.240 e. The van der Waals surface area contributed by atoms with Crippen LogP contribution in [0.1, 0.15) is 5.56 Å². The van der Waals surface area contributed by atoms with Gasteiger partial charge in [-0.05, 0) is 47.0 Å². The lowest BCUT2D eigenvalue weighted by Gasteiger charge is -2.11. The van der Waals surface area contributed by atoms with Crippen LogP contribution in [0, 0.1) is 0 Å². The molecule has 6 heteroatoms. The van der Waals surface area contributed by atoms with E-state index in [2.05, 4.69) is 14.7 Å². The van der Waals surface area contributed by atoms with Crippen molar-refractivity contribution < 1.29 is 8.42 Å². The van der Waals surface area contributed by atoms with Gasteiger partial charge in [0.15, 0.2) is 0 Å². The predicted molar refractivity (Wildman–Crippen MR) is 113 cm³/mol. The Hall–Kier alpha value is -3.35. The number of nitrogens with zero attached hydrogens (tertiary/aromatic N) is 2. The molecule has 2 aromatic carbocycles. The Bertz CT molecular complexity index is 1210. The molecule has 2 heterocycles. The summed E-state index contributed by atoms with van der Waals surface area (Å²) in [7, 11) is -3.68. The molecule has 0 atom stereocenters. The first-order valence-electron chi connectivity index (χ1n) is 9.13. The minimum atomic E-state index is -3.68. The first-order chi connectivity index (χ1) is 14.1. The molecule has 0 spiro atoms. The molecule has 0 saturated carbocycles. The number of sulfonamides is 1. The molecule has 144 valence electrons. The number of rotatable bonds is 6. The highest BCUT2D eigenvalue weighted by molar-refractivity contribution is 7.89. The van der Waals surface area contributed by atoms with Gasteiger partial charge >= 0.3 is 0 Å². The van der Waals surface area contributed by atoms with Crippen LogP contribution in [0.2, 0.25) is 0 Å². The third-order valence-corrected chi connectivity index (χ3v) is 5.93. The molecule has 1 N–H and O–H groups in total. The molecule has 29 heavy (non-hydrogen) atoms. The lowest BCUT2D eigenvalue weighted by Crippen LogP contribution is -2.23. The van der Waals surface area contributed by atoms with Gasteiger partial charge in [0, 0.05) is 30.7 Å². The second-order valence-corrected chi connectivity index (χ2v) is 8.24. The molecule has 0 aliphatic rings. The molecule has 0 bridgehead atoms. The molecule has 5 nitrogen and oxygen atoms in total. The fourth-order valence-electron chi connectivity index (χ4n) is 3.07. The minimum absolute atomic E-state index is 0.135. The van der Waals surface area contributed by atoms with Crippen LogP contribution in [0.25, 0.3) is 22.4 Å². The van der Waals surface area contributed by atoms with E-state index in [0.29, 0.717) is 5.69 Å². The highest BCUT2D eigenvalue weighted by Crippen LogP contribution is 2.23. The van der Waals surface area contributed by atoms with Crippen LogP contribution in [-0.2, 0) is 16.6 Å². The van der Waals surface area contributed by atoms with Gasteiger partial charge in [0.25, 0.3) is 0 Å². The van der Waals surface area contributed by atoms with E-state index in [1.807, 2.05) is 54.6 Å². The zero-order chi connectivity index (χ0) is 20.1. The van der Waals surface area contributed by atoms with E-state index < -0.39 is 10.0 Å². The monoisotopic (exact) mass is 401 g/mol. The van der Waals surface area contributed by atoms with Crippen LogP contribution in [0.5, 0.6) is 0 Å². The van der Waals surface area contributed by atoms with Crippen LogP contribution < -0.4 is 4.72 Å².